The third-order valence-corrected chi connectivity index (χ3v) is 3.85. The van der Waals surface area contributed by atoms with E-state index < -0.39 is 11.4 Å². The molecule has 0 radical (unpaired) electrons. The second kappa shape index (κ2) is 4.94. The summed E-state index contributed by atoms with van der Waals surface area (Å²) in [6, 6.07) is 1.67. The molecule has 1 aliphatic rings. The van der Waals surface area contributed by atoms with E-state index in [1.807, 2.05) is 6.92 Å². The normalized spacial score (nSPS) is 23.2. The van der Waals surface area contributed by atoms with E-state index in [1.54, 1.807) is 6.07 Å². The van der Waals surface area contributed by atoms with Gasteiger partial charge in [0.15, 0.2) is 17.3 Å². The Morgan fingerprint density at radius 1 is 1.39 bits per heavy atom. The number of methoxy groups -OCH3 is 2. The lowest BCUT2D eigenvalue weighted by Gasteiger charge is -2.27. The molecule has 1 aromatic carbocycles. The van der Waals surface area contributed by atoms with E-state index in [1.165, 1.54) is 14.2 Å². The highest BCUT2D eigenvalue weighted by molar-refractivity contribution is 6.32. The Hall–Kier alpha value is -1.00. The molecular weight excluding hydrogens is 257 g/mol. The second-order valence-corrected chi connectivity index (χ2v) is 5.03. The van der Waals surface area contributed by atoms with E-state index in [0.717, 1.165) is 19.4 Å². The van der Waals surface area contributed by atoms with Crippen molar-refractivity contribution in [2.24, 2.45) is 0 Å². The Kier molecular flexibility index (Phi) is 3.69. The summed E-state index contributed by atoms with van der Waals surface area (Å²) in [6.45, 7) is 2.85. The number of nitrogens with one attached hydrogen (secondary N) is 1. The number of halogens is 2. The van der Waals surface area contributed by atoms with Crippen LogP contribution in [0, 0.1) is 5.82 Å². The fourth-order valence-corrected chi connectivity index (χ4v) is 2.73. The highest BCUT2D eigenvalue weighted by Gasteiger charge is 2.35. The summed E-state index contributed by atoms with van der Waals surface area (Å²) < 4.78 is 24.6. The van der Waals surface area contributed by atoms with Crippen LogP contribution in [-0.2, 0) is 5.54 Å². The molecule has 1 aliphatic heterocycles. The van der Waals surface area contributed by atoms with Gasteiger partial charge in [-0.15, -0.1) is 0 Å². The van der Waals surface area contributed by atoms with Crippen LogP contribution in [0.15, 0.2) is 6.07 Å². The van der Waals surface area contributed by atoms with Crippen LogP contribution in [0.4, 0.5) is 4.39 Å². The van der Waals surface area contributed by atoms with E-state index in [0.29, 0.717) is 11.3 Å². The lowest BCUT2D eigenvalue weighted by atomic mass is 9.89. The maximum Gasteiger partial charge on any atom is 0.182 e. The SMILES string of the molecule is COc1cc(C2(C)CCCN2)c(F)c(Cl)c1OC. The van der Waals surface area contributed by atoms with Crippen LogP contribution in [-0.4, -0.2) is 20.8 Å². The van der Waals surface area contributed by atoms with Gasteiger partial charge in [-0.3, -0.25) is 0 Å². The maximum atomic E-state index is 14.4. The molecule has 3 nitrogen and oxygen atoms in total. The summed E-state index contributed by atoms with van der Waals surface area (Å²) in [5.74, 6) is 0.252. The average molecular weight is 274 g/mol. The third-order valence-electron chi connectivity index (χ3n) is 3.51. The van der Waals surface area contributed by atoms with E-state index in [9.17, 15) is 4.39 Å². The highest BCUT2D eigenvalue weighted by Crippen LogP contribution is 2.43. The van der Waals surface area contributed by atoms with E-state index in [2.05, 4.69) is 5.32 Å². The molecule has 100 valence electrons. The number of benzene rings is 1. The van der Waals surface area contributed by atoms with Gasteiger partial charge in [0.1, 0.15) is 5.02 Å². The van der Waals surface area contributed by atoms with Crippen LogP contribution < -0.4 is 14.8 Å². The van der Waals surface area contributed by atoms with Gasteiger partial charge in [0.05, 0.1) is 14.2 Å². The molecule has 5 heteroatoms. The Morgan fingerprint density at radius 2 is 2.11 bits per heavy atom. The van der Waals surface area contributed by atoms with Crippen LogP contribution in [0.2, 0.25) is 5.02 Å². The van der Waals surface area contributed by atoms with Crippen molar-refractivity contribution in [3.05, 3.63) is 22.5 Å². The molecular formula is C13H17ClFNO2. The zero-order valence-corrected chi connectivity index (χ0v) is 11.5. The maximum absolute atomic E-state index is 14.4. The van der Waals surface area contributed by atoms with Gasteiger partial charge in [0.25, 0.3) is 0 Å². The molecule has 1 saturated heterocycles. The van der Waals surface area contributed by atoms with Crippen molar-refractivity contribution < 1.29 is 13.9 Å². The van der Waals surface area contributed by atoms with Crippen molar-refractivity contribution in [1.82, 2.24) is 5.32 Å². The quantitative estimate of drug-likeness (QED) is 0.918. The van der Waals surface area contributed by atoms with Crippen LogP contribution in [0.3, 0.4) is 0 Å². The van der Waals surface area contributed by atoms with E-state index in [4.69, 9.17) is 21.1 Å². The van der Waals surface area contributed by atoms with Crippen molar-refractivity contribution in [3.63, 3.8) is 0 Å². The Labute approximate surface area is 111 Å². The molecule has 0 bridgehead atoms. The van der Waals surface area contributed by atoms with Gasteiger partial charge >= 0.3 is 0 Å². The minimum Gasteiger partial charge on any atom is -0.493 e. The van der Waals surface area contributed by atoms with Crippen molar-refractivity contribution in [3.8, 4) is 11.5 Å². The largest absolute Gasteiger partial charge is 0.493 e. The molecule has 1 N–H and O–H groups in total. The average Bonchev–Trinajstić information content (AvgIpc) is 2.80. The fraction of sp³-hybridized carbons (Fsp3) is 0.538. The summed E-state index contributed by atoms with van der Waals surface area (Å²) in [4.78, 5) is 0. The predicted molar refractivity (Wildman–Crippen MR) is 69.1 cm³/mol. The van der Waals surface area contributed by atoms with Gasteiger partial charge in [-0.25, -0.2) is 4.39 Å². The lowest BCUT2D eigenvalue weighted by molar-refractivity contribution is 0.345. The van der Waals surface area contributed by atoms with Crippen LogP contribution in [0.1, 0.15) is 25.3 Å². The topological polar surface area (TPSA) is 30.5 Å². The van der Waals surface area contributed by atoms with E-state index in [-0.39, 0.29) is 10.8 Å². The smallest absolute Gasteiger partial charge is 0.182 e. The zero-order valence-electron chi connectivity index (χ0n) is 10.8. The summed E-state index contributed by atoms with van der Waals surface area (Å²) in [5.41, 5.74) is 0.135. The number of hydrogen-bond donors (Lipinski definition) is 1. The summed E-state index contributed by atoms with van der Waals surface area (Å²) in [7, 11) is 2.96. The van der Waals surface area contributed by atoms with Gasteiger partial charge in [-0.1, -0.05) is 11.6 Å². The van der Waals surface area contributed by atoms with Crippen molar-refractivity contribution in [2.45, 2.75) is 25.3 Å². The van der Waals surface area contributed by atoms with Gasteiger partial charge in [0, 0.05) is 11.1 Å². The summed E-state index contributed by atoms with van der Waals surface area (Å²) in [6.07, 6.45) is 1.89. The molecule has 1 aromatic rings. The molecule has 2 rings (SSSR count). The van der Waals surface area contributed by atoms with Crippen molar-refractivity contribution in [2.75, 3.05) is 20.8 Å². The van der Waals surface area contributed by atoms with Crippen LogP contribution in [0.5, 0.6) is 11.5 Å². The first-order valence-electron chi connectivity index (χ1n) is 5.89. The zero-order chi connectivity index (χ0) is 13.3. The number of hydrogen-bond acceptors (Lipinski definition) is 3. The molecule has 1 fully saturated rings. The lowest BCUT2D eigenvalue weighted by Crippen LogP contribution is -2.34. The Balaban J connectivity index is 2.58. The number of ether oxygens (including phenoxy) is 2. The third kappa shape index (κ3) is 2.04. The molecule has 1 heterocycles. The Morgan fingerprint density at radius 3 is 2.61 bits per heavy atom. The van der Waals surface area contributed by atoms with Crippen LogP contribution in [0.25, 0.3) is 0 Å². The molecule has 0 amide bonds. The molecule has 0 aliphatic carbocycles. The van der Waals surface area contributed by atoms with Gasteiger partial charge in [-0.2, -0.15) is 0 Å². The molecule has 1 unspecified atom stereocenters. The molecule has 1 atom stereocenters. The van der Waals surface area contributed by atoms with Gasteiger partial charge in [0.2, 0.25) is 0 Å². The first kappa shape index (κ1) is 13.4. The summed E-state index contributed by atoms with van der Waals surface area (Å²) in [5, 5.41) is 3.28. The van der Waals surface area contributed by atoms with E-state index >= 15 is 0 Å². The molecule has 0 aromatic heterocycles. The second-order valence-electron chi connectivity index (χ2n) is 4.65. The molecule has 18 heavy (non-hydrogen) atoms. The van der Waals surface area contributed by atoms with Crippen molar-refractivity contribution in [1.29, 1.82) is 0 Å². The fourth-order valence-electron chi connectivity index (χ4n) is 2.45. The molecule has 0 saturated carbocycles. The van der Waals surface area contributed by atoms with Gasteiger partial charge < -0.3 is 14.8 Å². The minimum atomic E-state index is -0.439. The summed E-state index contributed by atoms with van der Waals surface area (Å²) >= 11 is 6.02. The monoisotopic (exact) mass is 273 g/mol. The first-order valence-corrected chi connectivity index (χ1v) is 6.27. The predicted octanol–water partition coefficient (Wildman–Crippen LogP) is 3.09. The Bertz CT molecular complexity index is 459. The highest BCUT2D eigenvalue weighted by atomic mass is 35.5. The first-order chi connectivity index (χ1) is 8.53. The van der Waals surface area contributed by atoms with Crippen LogP contribution >= 0.6 is 11.6 Å². The molecule has 0 spiro atoms. The van der Waals surface area contributed by atoms with Crippen molar-refractivity contribution >= 4 is 11.6 Å². The number of rotatable bonds is 3. The van der Waals surface area contributed by atoms with Gasteiger partial charge in [-0.05, 0) is 32.4 Å². The minimum absolute atomic E-state index is 0.0261. The standard InChI is InChI=1S/C13H17ClFNO2/c1-13(5-4-6-16-13)8-7-9(17-2)12(18-3)10(14)11(8)15/h7,16H,4-6H2,1-3H3.